The van der Waals surface area contributed by atoms with Gasteiger partial charge in [0.25, 0.3) is 0 Å². The highest BCUT2D eigenvalue weighted by atomic mass is 16.1. The van der Waals surface area contributed by atoms with E-state index in [-0.39, 0.29) is 11.9 Å². The van der Waals surface area contributed by atoms with E-state index in [1.807, 2.05) is 12.1 Å². The van der Waals surface area contributed by atoms with Gasteiger partial charge in [0, 0.05) is 24.6 Å². The molecular formula is C20H25N3O. The predicted octanol–water partition coefficient (Wildman–Crippen LogP) is 3.47. The first-order valence-corrected chi connectivity index (χ1v) is 8.64. The molecule has 126 valence electrons. The van der Waals surface area contributed by atoms with Gasteiger partial charge in [0.2, 0.25) is 5.91 Å². The summed E-state index contributed by atoms with van der Waals surface area (Å²) in [6.07, 6.45) is 5.75. The monoisotopic (exact) mass is 323 g/mol. The number of carbonyl (C=O) groups excluding carboxylic acids is 1. The summed E-state index contributed by atoms with van der Waals surface area (Å²) in [5.41, 5.74) is 9.12. The number of piperidine rings is 1. The van der Waals surface area contributed by atoms with Crippen LogP contribution in [0.5, 0.6) is 0 Å². The zero-order valence-electron chi connectivity index (χ0n) is 14.4. The molecule has 2 N–H and O–H groups in total. The van der Waals surface area contributed by atoms with Crippen molar-refractivity contribution >= 4 is 11.6 Å². The van der Waals surface area contributed by atoms with Gasteiger partial charge in [-0.2, -0.15) is 0 Å². The van der Waals surface area contributed by atoms with Gasteiger partial charge >= 0.3 is 0 Å². The summed E-state index contributed by atoms with van der Waals surface area (Å²) in [5, 5.41) is 0. The van der Waals surface area contributed by atoms with Gasteiger partial charge in [0.1, 0.15) is 6.04 Å². The van der Waals surface area contributed by atoms with Crippen LogP contribution in [0.2, 0.25) is 0 Å². The van der Waals surface area contributed by atoms with Crippen LogP contribution >= 0.6 is 0 Å². The molecule has 1 aromatic carbocycles. The molecule has 2 unspecified atom stereocenters. The quantitative estimate of drug-likeness (QED) is 0.937. The smallest absolute Gasteiger partial charge is 0.240 e. The van der Waals surface area contributed by atoms with E-state index in [4.69, 9.17) is 5.73 Å². The molecule has 2 aromatic rings. The van der Waals surface area contributed by atoms with Crippen molar-refractivity contribution in [1.29, 1.82) is 0 Å². The first kappa shape index (κ1) is 16.5. The van der Waals surface area contributed by atoms with E-state index in [0.29, 0.717) is 11.8 Å². The predicted molar refractivity (Wildman–Crippen MR) is 97.6 cm³/mol. The van der Waals surface area contributed by atoms with Gasteiger partial charge in [-0.05, 0) is 60.1 Å². The Morgan fingerprint density at radius 3 is 2.33 bits per heavy atom. The molecule has 0 bridgehead atoms. The fourth-order valence-corrected chi connectivity index (χ4v) is 3.77. The minimum Gasteiger partial charge on any atom is -0.368 e. The maximum Gasteiger partial charge on any atom is 0.240 e. The van der Waals surface area contributed by atoms with Crippen LogP contribution in [0.25, 0.3) is 11.1 Å². The second-order valence-corrected chi connectivity index (χ2v) is 6.87. The van der Waals surface area contributed by atoms with Crippen molar-refractivity contribution in [3.8, 4) is 11.1 Å². The van der Waals surface area contributed by atoms with Gasteiger partial charge in [-0.15, -0.1) is 0 Å². The van der Waals surface area contributed by atoms with Crippen LogP contribution in [0.4, 0.5) is 5.69 Å². The van der Waals surface area contributed by atoms with Crippen molar-refractivity contribution in [2.45, 2.75) is 32.7 Å². The van der Waals surface area contributed by atoms with Gasteiger partial charge in [-0.3, -0.25) is 9.78 Å². The zero-order valence-corrected chi connectivity index (χ0v) is 14.4. The first-order chi connectivity index (χ1) is 11.6. The van der Waals surface area contributed by atoms with Crippen molar-refractivity contribution < 1.29 is 4.79 Å². The van der Waals surface area contributed by atoms with Gasteiger partial charge in [-0.1, -0.05) is 26.0 Å². The lowest BCUT2D eigenvalue weighted by molar-refractivity contribution is -0.121. The number of nitrogens with zero attached hydrogens (tertiary/aromatic N) is 2. The van der Waals surface area contributed by atoms with Crippen molar-refractivity contribution in [2.24, 2.45) is 17.6 Å². The van der Waals surface area contributed by atoms with E-state index < -0.39 is 0 Å². The average Bonchev–Trinajstić information content (AvgIpc) is 2.62. The first-order valence-electron chi connectivity index (χ1n) is 8.64. The second kappa shape index (κ2) is 7.04. The number of hydrogen-bond acceptors (Lipinski definition) is 3. The average molecular weight is 323 g/mol. The van der Waals surface area contributed by atoms with Gasteiger partial charge in [0.05, 0.1) is 0 Å². The Morgan fingerprint density at radius 1 is 1.12 bits per heavy atom. The van der Waals surface area contributed by atoms with Gasteiger partial charge < -0.3 is 10.6 Å². The molecule has 0 aliphatic carbocycles. The Bertz CT molecular complexity index is 682. The molecular weight excluding hydrogens is 298 g/mol. The molecule has 2 heterocycles. The number of aromatic nitrogens is 1. The summed E-state index contributed by atoms with van der Waals surface area (Å²) in [7, 11) is 0. The van der Waals surface area contributed by atoms with E-state index in [2.05, 4.69) is 48.0 Å². The minimum absolute atomic E-state index is 0.216. The lowest BCUT2D eigenvalue weighted by Gasteiger charge is -2.42. The summed E-state index contributed by atoms with van der Waals surface area (Å²) in [6.45, 7) is 5.23. The van der Waals surface area contributed by atoms with Crippen LogP contribution in [0.15, 0.2) is 48.8 Å². The standard InChI is InChI=1S/C20H25N3O/c1-14(2)18-4-3-13-23(19(18)20(21)24)17-7-5-15(6-8-17)16-9-11-22-12-10-16/h5-12,14,18-19H,3-4,13H2,1-2H3,(H2,21,24). The van der Waals surface area contributed by atoms with Crippen molar-refractivity contribution in [2.75, 3.05) is 11.4 Å². The molecule has 2 atom stereocenters. The largest absolute Gasteiger partial charge is 0.368 e. The topological polar surface area (TPSA) is 59.2 Å². The minimum atomic E-state index is -0.217. The second-order valence-electron chi connectivity index (χ2n) is 6.87. The van der Waals surface area contributed by atoms with Gasteiger partial charge in [0.15, 0.2) is 0 Å². The van der Waals surface area contributed by atoms with Crippen molar-refractivity contribution in [3.63, 3.8) is 0 Å². The lowest BCUT2D eigenvalue weighted by Crippen LogP contribution is -2.54. The van der Waals surface area contributed by atoms with E-state index in [9.17, 15) is 4.79 Å². The molecule has 1 fully saturated rings. The fourth-order valence-electron chi connectivity index (χ4n) is 3.77. The number of pyridine rings is 1. The molecule has 1 amide bonds. The van der Waals surface area contributed by atoms with Crippen LogP contribution in [0.3, 0.4) is 0 Å². The highest BCUT2D eigenvalue weighted by molar-refractivity contribution is 5.84. The number of anilines is 1. The third kappa shape index (κ3) is 3.28. The Kier molecular flexibility index (Phi) is 4.84. The fraction of sp³-hybridized carbons (Fsp3) is 0.400. The highest BCUT2D eigenvalue weighted by Crippen LogP contribution is 2.34. The molecule has 1 aromatic heterocycles. The third-order valence-electron chi connectivity index (χ3n) is 5.04. The molecule has 0 radical (unpaired) electrons. The summed E-state index contributed by atoms with van der Waals surface area (Å²) in [6, 6.07) is 12.2. The summed E-state index contributed by atoms with van der Waals surface area (Å²) in [5.74, 6) is 0.545. The van der Waals surface area contributed by atoms with Crippen molar-refractivity contribution in [1.82, 2.24) is 4.98 Å². The lowest BCUT2D eigenvalue weighted by atomic mass is 9.80. The number of primary amides is 1. The van der Waals surface area contributed by atoms with E-state index in [0.717, 1.165) is 36.2 Å². The molecule has 4 nitrogen and oxygen atoms in total. The summed E-state index contributed by atoms with van der Waals surface area (Å²) >= 11 is 0. The molecule has 0 saturated carbocycles. The van der Waals surface area contributed by atoms with Crippen molar-refractivity contribution in [3.05, 3.63) is 48.8 Å². The van der Waals surface area contributed by atoms with Crippen LogP contribution in [-0.4, -0.2) is 23.5 Å². The number of amides is 1. The van der Waals surface area contributed by atoms with E-state index in [1.165, 1.54) is 0 Å². The van der Waals surface area contributed by atoms with Crippen LogP contribution in [-0.2, 0) is 4.79 Å². The van der Waals surface area contributed by atoms with E-state index in [1.54, 1.807) is 12.4 Å². The Morgan fingerprint density at radius 2 is 1.75 bits per heavy atom. The number of carbonyl (C=O) groups is 1. The van der Waals surface area contributed by atoms with E-state index >= 15 is 0 Å². The SMILES string of the molecule is CC(C)C1CCCN(c2ccc(-c3ccncc3)cc2)C1C(N)=O. The molecule has 1 aliphatic rings. The third-order valence-corrected chi connectivity index (χ3v) is 5.04. The van der Waals surface area contributed by atoms with Crippen LogP contribution < -0.4 is 10.6 Å². The highest BCUT2D eigenvalue weighted by Gasteiger charge is 2.37. The number of rotatable bonds is 4. The Labute approximate surface area is 143 Å². The number of nitrogens with two attached hydrogens (primary N) is 1. The maximum absolute atomic E-state index is 12.1. The van der Waals surface area contributed by atoms with Crippen LogP contribution in [0, 0.1) is 11.8 Å². The molecule has 1 saturated heterocycles. The Balaban J connectivity index is 1.88. The molecule has 3 rings (SSSR count). The molecule has 0 spiro atoms. The summed E-state index contributed by atoms with van der Waals surface area (Å²) < 4.78 is 0. The molecule has 1 aliphatic heterocycles. The van der Waals surface area contributed by atoms with Crippen LogP contribution in [0.1, 0.15) is 26.7 Å². The number of benzene rings is 1. The Hall–Kier alpha value is -2.36. The maximum atomic E-state index is 12.1. The van der Waals surface area contributed by atoms with Gasteiger partial charge in [-0.25, -0.2) is 0 Å². The molecule has 4 heteroatoms. The number of hydrogen-bond donors (Lipinski definition) is 1. The zero-order chi connectivity index (χ0) is 17.1. The summed E-state index contributed by atoms with van der Waals surface area (Å²) in [4.78, 5) is 18.4. The normalized spacial score (nSPS) is 21.0. The molecule has 24 heavy (non-hydrogen) atoms.